The smallest absolute Gasteiger partial charge is 0.314 e. The fourth-order valence-electron chi connectivity index (χ4n) is 2.91. The first-order valence-corrected chi connectivity index (χ1v) is 8.26. The molecule has 1 aromatic rings. The predicted octanol–water partition coefficient (Wildman–Crippen LogP) is 0.659. The summed E-state index contributed by atoms with van der Waals surface area (Å²) in [7, 11) is -2.07. The third kappa shape index (κ3) is 2.30. The van der Waals surface area contributed by atoms with Crippen molar-refractivity contribution in [1.82, 2.24) is 0 Å². The van der Waals surface area contributed by atoms with Gasteiger partial charge >= 0.3 is 5.97 Å². The van der Waals surface area contributed by atoms with E-state index >= 15 is 0 Å². The van der Waals surface area contributed by atoms with Crippen LogP contribution in [0.15, 0.2) is 24.3 Å². The van der Waals surface area contributed by atoms with Crippen LogP contribution in [0.5, 0.6) is 5.75 Å². The zero-order valence-electron chi connectivity index (χ0n) is 11.8. The zero-order valence-corrected chi connectivity index (χ0v) is 12.6. The van der Waals surface area contributed by atoms with Gasteiger partial charge in [-0.15, -0.1) is 0 Å². The number of carboxylic acid groups (broad SMARTS) is 1. The van der Waals surface area contributed by atoms with Gasteiger partial charge in [-0.25, -0.2) is 8.42 Å². The Morgan fingerprint density at radius 2 is 1.90 bits per heavy atom. The summed E-state index contributed by atoms with van der Waals surface area (Å²) in [5.41, 5.74) is -1.07. The number of carbonyl (C=O) groups is 1. The summed E-state index contributed by atoms with van der Waals surface area (Å²) < 4.78 is 29.3. The molecule has 0 amide bonds. The van der Waals surface area contributed by atoms with Gasteiger partial charge in [0.15, 0.2) is 9.84 Å². The van der Waals surface area contributed by atoms with E-state index in [-0.39, 0.29) is 5.75 Å². The number of benzene rings is 1. The van der Waals surface area contributed by atoms with Crippen molar-refractivity contribution in [3.05, 3.63) is 29.8 Å². The number of rotatable bonds is 6. The second-order valence-corrected chi connectivity index (χ2v) is 7.54. The topological polar surface area (TPSA) is 101 Å². The number of ether oxygens (including phenoxy) is 1. The van der Waals surface area contributed by atoms with Crippen LogP contribution in [0.25, 0.3) is 0 Å². The first-order chi connectivity index (χ1) is 9.85. The second kappa shape index (κ2) is 5.31. The van der Waals surface area contributed by atoms with Crippen LogP contribution in [0.2, 0.25) is 0 Å². The molecule has 0 radical (unpaired) electrons. The highest BCUT2D eigenvalue weighted by Crippen LogP contribution is 2.63. The number of methoxy groups -OCH3 is 1. The van der Waals surface area contributed by atoms with Crippen LogP contribution < -0.4 is 4.74 Å². The molecule has 0 saturated heterocycles. The summed E-state index contributed by atoms with van der Waals surface area (Å²) in [6.07, 6.45) is 0. The Bertz CT molecular complexity index is 636. The Balaban J connectivity index is 2.47. The number of aliphatic carboxylic acids is 1. The van der Waals surface area contributed by atoms with Crippen LogP contribution in [0, 0.1) is 5.41 Å². The van der Waals surface area contributed by atoms with E-state index in [1.54, 1.807) is 24.3 Å². The van der Waals surface area contributed by atoms with E-state index in [0.717, 1.165) is 0 Å². The van der Waals surface area contributed by atoms with Crippen molar-refractivity contribution < 1.29 is 28.2 Å². The molecule has 2 rings (SSSR count). The Morgan fingerprint density at radius 3 is 2.29 bits per heavy atom. The van der Waals surface area contributed by atoms with Gasteiger partial charge in [0.1, 0.15) is 11.2 Å². The minimum atomic E-state index is -3.57. The average Bonchev–Trinajstić information content (AvgIpc) is 3.19. The lowest BCUT2D eigenvalue weighted by Crippen LogP contribution is -2.28. The Morgan fingerprint density at radius 1 is 1.33 bits per heavy atom. The third-order valence-corrected chi connectivity index (χ3v) is 6.45. The first kappa shape index (κ1) is 15.8. The minimum absolute atomic E-state index is 0.153. The van der Waals surface area contributed by atoms with E-state index in [9.17, 15) is 23.4 Å². The highest BCUT2D eigenvalue weighted by atomic mass is 32.2. The maximum atomic E-state index is 12.1. The largest absolute Gasteiger partial charge is 0.497 e. The first-order valence-electron chi connectivity index (χ1n) is 6.55. The summed E-state index contributed by atoms with van der Waals surface area (Å²) in [6.45, 7) is 0.769. The summed E-state index contributed by atoms with van der Waals surface area (Å²) in [4.78, 5) is 11.5. The minimum Gasteiger partial charge on any atom is -0.497 e. The third-order valence-electron chi connectivity index (χ3n) is 4.18. The SMILES string of the molecule is CCS(=O)(=O)[C@H]1[C@@H](c2ccc(OC)cc2)[C@@]1(CO)C(=O)O. The lowest BCUT2D eigenvalue weighted by molar-refractivity contribution is -0.145. The Kier molecular flexibility index (Phi) is 3.99. The van der Waals surface area contributed by atoms with Gasteiger partial charge in [-0.3, -0.25) is 4.79 Å². The van der Waals surface area contributed by atoms with Crippen LogP contribution in [0.4, 0.5) is 0 Å². The number of aliphatic hydroxyl groups excluding tert-OH is 1. The van der Waals surface area contributed by atoms with Crippen molar-refractivity contribution >= 4 is 15.8 Å². The molecule has 0 heterocycles. The molecule has 0 aliphatic heterocycles. The van der Waals surface area contributed by atoms with E-state index in [1.165, 1.54) is 14.0 Å². The van der Waals surface area contributed by atoms with Gasteiger partial charge in [0.25, 0.3) is 0 Å². The van der Waals surface area contributed by atoms with Crippen molar-refractivity contribution in [2.45, 2.75) is 18.1 Å². The second-order valence-electron chi connectivity index (χ2n) is 5.13. The Hall–Kier alpha value is -1.60. The molecule has 1 saturated carbocycles. The molecule has 0 spiro atoms. The summed E-state index contributed by atoms with van der Waals surface area (Å²) in [5.74, 6) is -1.58. The van der Waals surface area contributed by atoms with Crippen LogP contribution in [0.1, 0.15) is 18.4 Å². The van der Waals surface area contributed by atoms with Gasteiger partial charge < -0.3 is 14.9 Å². The fraction of sp³-hybridized carbons (Fsp3) is 0.500. The maximum Gasteiger partial charge on any atom is 0.314 e. The Labute approximate surface area is 123 Å². The number of hydrogen-bond acceptors (Lipinski definition) is 5. The van der Waals surface area contributed by atoms with Crippen molar-refractivity contribution in [2.75, 3.05) is 19.5 Å². The number of carboxylic acids is 1. The predicted molar refractivity (Wildman–Crippen MR) is 76.1 cm³/mol. The monoisotopic (exact) mass is 314 g/mol. The molecule has 0 bridgehead atoms. The highest BCUT2D eigenvalue weighted by molar-refractivity contribution is 7.92. The molecule has 0 aromatic heterocycles. The van der Waals surface area contributed by atoms with Crippen LogP contribution in [-0.2, 0) is 14.6 Å². The van der Waals surface area contributed by atoms with Crippen molar-refractivity contribution in [2.24, 2.45) is 5.41 Å². The maximum absolute atomic E-state index is 12.1. The molecular formula is C14H18O6S. The molecule has 0 unspecified atom stereocenters. The highest BCUT2D eigenvalue weighted by Gasteiger charge is 2.75. The molecule has 1 aliphatic rings. The van der Waals surface area contributed by atoms with Crippen molar-refractivity contribution in [3.8, 4) is 5.75 Å². The molecule has 116 valence electrons. The standard InChI is InChI=1S/C14H18O6S/c1-3-21(18,19)12-11(14(12,8-15)13(16)17)9-4-6-10(20-2)7-5-9/h4-7,11-12,15H,3,8H2,1-2H3,(H,16,17)/t11-,12+,14-/m1/s1. The molecule has 1 aromatic carbocycles. The number of hydrogen-bond donors (Lipinski definition) is 2. The molecule has 2 N–H and O–H groups in total. The quantitative estimate of drug-likeness (QED) is 0.800. The van der Waals surface area contributed by atoms with Gasteiger partial charge in [0.05, 0.1) is 19.0 Å². The molecule has 6 nitrogen and oxygen atoms in total. The van der Waals surface area contributed by atoms with E-state index < -0.39 is 39.0 Å². The van der Waals surface area contributed by atoms with E-state index in [1.807, 2.05) is 0 Å². The van der Waals surface area contributed by atoms with Gasteiger partial charge in [-0.1, -0.05) is 19.1 Å². The summed E-state index contributed by atoms with van der Waals surface area (Å²) >= 11 is 0. The summed E-state index contributed by atoms with van der Waals surface area (Å²) in [6, 6.07) is 6.57. The van der Waals surface area contributed by atoms with Gasteiger partial charge in [-0.05, 0) is 17.7 Å². The molecule has 3 atom stereocenters. The lowest BCUT2D eigenvalue weighted by atomic mass is 10.00. The van der Waals surface area contributed by atoms with Crippen molar-refractivity contribution in [3.63, 3.8) is 0 Å². The zero-order chi connectivity index (χ0) is 15.8. The lowest BCUT2D eigenvalue weighted by Gasteiger charge is -2.09. The molecule has 1 aliphatic carbocycles. The number of aliphatic hydroxyl groups is 1. The van der Waals surface area contributed by atoms with Gasteiger partial charge in [-0.2, -0.15) is 0 Å². The van der Waals surface area contributed by atoms with Crippen LogP contribution in [0.3, 0.4) is 0 Å². The van der Waals surface area contributed by atoms with E-state index in [2.05, 4.69) is 0 Å². The normalized spacial score (nSPS) is 28.1. The molecule has 7 heteroatoms. The van der Waals surface area contributed by atoms with E-state index in [0.29, 0.717) is 11.3 Å². The number of sulfone groups is 1. The molecular weight excluding hydrogens is 296 g/mol. The average molecular weight is 314 g/mol. The fourth-order valence-corrected chi connectivity index (χ4v) is 4.96. The van der Waals surface area contributed by atoms with E-state index in [4.69, 9.17) is 4.74 Å². The van der Waals surface area contributed by atoms with Gasteiger partial charge in [0, 0.05) is 11.7 Å². The summed E-state index contributed by atoms with van der Waals surface area (Å²) in [5, 5.41) is 17.8. The van der Waals surface area contributed by atoms with Crippen molar-refractivity contribution in [1.29, 1.82) is 0 Å². The van der Waals surface area contributed by atoms with Crippen LogP contribution >= 0.6 is 0 Å². The van der Waals surface area contributed by atoms with Crippen LogP contribution in [-0.4, -0.2) is 49.3 Å². The van der Waals surface area contributed by atoms with Gasteiger partial charge in [0.2, 0.25) is 0 Å². The molecule has 1 fully saturated rings. The molecule has 21 heavy (non-hydrogen) atoms.